The molecule has 1 amide bonds. The smallest absolute Gasteiger partial charge is 0.252 e. The molecule has 0 spiro atoms. The molecule has 4 rings (SSSR count). The molecule has 1 fully saturated rings. The Hall–Kier alpha value is -2.70. The summed E-state index contributed by atoms with van der Waals surface area (Å²) in [7, 11) is 0. The molecule has 1 N–H and O–H groups in total. The van der Waals surface area contributed by atoms with Gasteiger partial charge in [0.05, 0.1) is 11.6 Å². The molecule has 1 unspecified atom stereocenters. The second-order valence-electron chi connectivity index (χ2n) is 7.55. The number of rotatable bonds is 6. The maximum Gasteiger partial charge on any atom is 0.252 e. The molecule has 1 atom stereocenters. The number of carbonyl (C=O) groups excluding carboxylic acids is 1. The van der Waals surface area contributed by atoms with E-state index in [1.807, 2.05) is 30.5 Å². The fourth-order valence-electron chi connectivity index (χ4n) is 3.94. The van der Waals surface area contributed by atoms with Crippen LogP contribution in [0.5, 0.6) is 0 Å². The highest BCUT2D eigenvalue weighted by atomic mass is 35.5. The molecule has 3 aromatic rings. The van der Waals surface area contributed by atoms with Crippen molar-refractivity contribution in [3.63, 3.8) is 0 Å². The number of likely N-dealkylation sites (tertiary alicyclic amines) is 1. The number of benzene rings is 1. The third kappa shape index (κ3) is 4.89. The van der Waals surface area contributed by atoms with Crippen molar-refractivity contribution < 1.29 is 4.79 Å². The first-order valence-electron chi connectivity index (χ1n) is 10.4. The van der Waals surface area contributed by atoms with Crippen LogP contribution in [0.25, 0.3) is 5.82 Å². The zero-order valence-electron chi connectivity index (χ0n) is 16.9. The molecule has 1 aliphatic heterocycles. The van der Waals surface area contributed by atoms with Crippen LogP contribution in [0.2, 0.25) is 5.02 Å². The first-order chi connectivity index (χ1) is 14.7. The van der Waals surface area contributed by atoms with Crippen molar-refractivity contribution in [1.82, 2.24) is 25.0 Å². The van der Waals surface area contributed by atoms with Crippen molar-refractivity contribution >= 4 is 17.5 Å². The molecule has 0 saturated carbocycles. The normalized spacial score (nSPS) is 16.0. The Morgan fingerprint density at radius 2 is 1.87 bits per heavy atom. The Bertz CT molecular complexity index is 950. The molecule has 0 aliphatic carbocycles. The summed E-state index contributed by atoms with van der Waals surface area (Å²) in [6, 6.07) is 13.4. The van der Waals surface area contributed by atoms with Crippen LogP contribution >= 0.6 is 11.6 Å². The van der Waals surface area contributed by atoms with Crippen LogP contribution in [-0.2, 0) is 0 Å². The number of hydrogen-bond donors (Lipinski definition) is 1. The molecule has 6 nitrogen and oxygen atoms in total. The van der Waals surface area contributed by atoms with E-state index in [2.05, 4.69) is 26.4 Å². The second-order valence-corrected chi connectivity index (χ2v) is 7.96. The van der Waals surface area contributed by atoms with E-state index in [1.54, 1.807) is 29.2 Å². The number of nitrogens with one attached hydrogen (secondary N) is 1. The van der Waals surface area contributed by atoms with Gasteiger partial charge in [-0.05, 0) is 55.8 Å². The van der Waals surface area contributed by atoms with Gasteiger partial charge in [0.2, 0.25) is 0 Å². The van der Waals surface area contributed by atoms with Crippen molar-refractivity contribution in [3.8, 4) is 5.82 Å². The number of halogens is 1. The van der Waals surface area contributed by atoms with Gasteiger partial charge in [-0.1, -0.05) is 42.6 Å². The van der Waals surface area contributed by atoms with E-state index in [0.717, 1.165) is 23.7 Å². The van der Waals surface area contributed by atoms with Crippen LogP contribution in [0.3, 0.4) is 0 Å². The SMILES string of the molecule is O=C(NCC(c1ccccc1Cl)N1CCCCCC1)c1ccc(-n2cccn2)nc1. The Morgan fingerprint density at radius 1 is 1.07 bits per heavy atom. The molecular weight excluding hydrogens is 398 g/mol. The zero-order chi connectivity index (χ0) is 20.8. The average Bonchev–Trinajstić information content (AvgIpc) is 3.18. The van der Waals surface area contributed by atoms with E-state index in [-0.39, 0.29) is 11.9 Å². The Morgan fingerprint density at radius 3 is 2.53 bits per heavy atom. The molecule has 0 bridgehead atoms. The third-order valence-electron chi connectivity index (χ3n) is 5.55. The quantitative estimate of drug-likeness (QED) is 0.643. The highest BCUT2D eigenvalue weighted by Crippen LogP contribution is 2.29. The van der Waals surface area contributed by atoms with Gasteiger partial charge in [0, 0.05) is 30.2 Å². The molecule has 2 aromatic heterocycles. The van der Waals surface area contributed by atoms with Gasteiger partial charge in [0.1, 0.15) is 0 Å². The first-order valence-corrected chi connectivity index (χ1v) is 10.8. The highest BCUT2D eigenvalue weighted by Gasteiger charge is 2.24. The van der Waals surface area contributed by atoms with Gasteiger partial charge in [0.25, 0.3) is 5.91 Å². The van der Waals surface area contributed by atoms with E-state index in [0.29, 0.717) is 17.9 Å². The van der Waals surface area contributed by atoms with E-state index in [9.17, 15) is 4.79 Å². The van der Waals surface area contributed by atoms with Gasteiger partial charge >= 0.3 is 0 Å². The van der Waals surface area contributed by atoms with Crippen LogP contribution in [0.15, 0.2) is 61.1 Å². The summed E-state index contributed by atoms with van der Waals surface area (Å²) in [5.41, 5.74) is 1.59. The van der Waals surface area contributed by atoms with Gasteiger partial charge in [-0.2, -0.15) is 5.10 Å². The van der Waals surface area contributed by atoms with Crippen molar-refractivity contribution in [2.75, 3.05) is 19.6 Å². The van der Waals surface area contributed by atoms with Gasteiger partial charge in [-0.3, -0.25) is 9.69 Å². The summed E-state index contributed by atoms with van der Waals surface area (Å²) in [5, 5.41) is 7.99. The molecule has 1 aromatic carbocycles. The summed E-state index contributed by atoms with van der Waals surface area (Å²) in [5.74, 6) is 0.538. The predicted octanol–water partition coefficient (Wildman–Crippen LogP) is 4.27. The number of amides is 1. The lowest BCUT2D eigenvalue weighted by atomic mass is 10.0. The second kappa shape index (κ2) is 9.87. The predicted molar refractivity (Wildman–Crippen MR) is 118 cm³/mol. The minimum Gasteiger partial charge on any atom is -0.350 e. The molecule has 1 saturated heterocycles. The number of nitrogens with zero attached hydrogens (tertiary/aromatic N) is 4. The largest absolute Gasteiger partial charge is 0.350 e. The van der Waals surface area contributed by atoms with Crippen LogP contribution < -0.4 is 5.32 Å². The number of aromatic nitrogens is 3. The standard InChI is InChI=1S/C23H26ClN5O/c24-20-9-4-3-8-19(20)21(28-13-5-1-2-6-14-28)17-26-23(30)18-10-11-22(25-16-18)29-15-7-12-27-29/h3-4,7-12,15-16,21H,1-2,5-6,13-14,17H2,(H,26,30). The zero-order valence-corrected chi connectivity index (χ0v) is 17.6. The van der Waals surface area contributed by atoms with Crippen molar-refractivity contribution in [3.05, 3.63) is 77.2 Å². The highest BCUT2D eigenvalue weighted by molar-refractivity contribution is 6.31. The Kier molecular flexibility index (Phi) is 6.77. The Labute approximate surface area is 181 Å². The fourth-order valence-corrected chi connectivity index (χ4v) is 4.20. The minimum absolute atomic E-state index is 0.0528. The average molecular weight is 424 g/mol. The number of pyridine rings is 1. The summed E-state index contributed by atoms with van der Waals surface area (Å²) >= 11 is 6.52. The summed E-state index contributed by atoms with van der Waals surface area (Å²) in [4.78, 5) is 19.6. The Balaban J connectivity index is 1.47. The lowest BCUT2D eigenvalue weighted by Crippen LogP contribution is -2.38. The molecular formula is C23H26ClN5O. The van der Waals surface area contributed by atoms with Crippen molar-refractivity contribution in [2.24, 2.45) is 0 Å². The van der Waals surface area contributed by atoms with Crippen LogP contribution in [0, 0.1) is 0 Å². The monoisotopic (exact) mass is 423 g/mol. The van der Waals surface area contributed by atoms with Gasteiger partial charge in [-0.15, -0.1) is 0 Å². The maximum absolute atomic E-state index is 12.8. The topological polar surface area (TPSA) is 63.1 Å². The first kappa shape index (κ1) is 20.6. The summed E-state index contributed by atoms with van der Waals surface area (Å²) in [6.07, 6.45) is 9.96. The van der Waals surface area contributed by atoms with Crippen LogP contribution in [0.1, 0.15) is 47.6 Å². The van der Waals surface area contributed by atoms with Crippen molar-refractivity contribution in [1.29, 1.82) is 0 Å². The maximum atomic E-state index is 12.8. The van der Waals surface area contributed by atoms with E-state index in [1.165, 1.54) is 25.7 Å². The van der Waals surface area contributed by atoms with Gasteiger partial charge < -0.3 is 5.32 Å². The van der Waals surface area contributed by atoms with Crippen LogP contribution in [-0.4, -0.2) is 45.2 Å². The lowest BCUT2D eigenvalue weighted by Gasteiger charge is -2.31. The number of carbonyl (C=O) groups is 1. The van der Waals surface area contributed by atoms with Crippen molar-refractivity contribution in [2.45, 2.75) is 31.7 Å². The summed E-state index contributed by atoms with van der Waals surface area (Å²) < 4.78 is 1.66. The van der Waals surface area contributed by atoms with Crippen LogP contribution in [0.4, 0.5) is 0 Å². The molecule has 30 heavy (non-hydrogen) atoms. The third-order valence-corrected chi connectivity index (χ3v) is 5.90. The number of hydrogen-bond acceptors (Lipinski definition) is 4. The lowest BCUT2D eigenvalue weighted by molar-refractivity contribution is 0.0933. The van der Waals surface area contributed by atoms with E-state index < -0.39 is 0 Å². The van der Waals surface area contributed by atoms with E-state index >= 15 is 0 Å². The molecule has 0 radical (unpaired) electrons. The van der Waals surface area contributed by atoms with Gasteiger partial charge in [-0.25, -0.2) is 9.67 Å². The summed E-state index contributed by atoms with van der Waals surface area (Å²) in [6.45, 7) is 2.54. The molecule has 156 valence electrons. The minimum atomic E-state index is -0.138. The molecule has 7 heteroatoms. The van der Waals surface area contributed by atoms with E-state index in [4.69, 9.17) is 11.6 Å². The molecule has 3 heterocycles. The molecule has 1 aliphatic rings. The fraction of sp³-hybridized carbons (Fsp3) is 0.348. The van der Waals surface area contributed by atoms with Gasteiger partial charge in [0.15, 0.2) is 5.82 Å².